The molecule has 0 saturated carbocycles. The van der Waals surface area contributed by atoms with E-state index >= 15 is 0 Å². The molecule has 1 saturated heterocycles. The van der Waals surface area contributed by atoms with Crippen molar-refractivity contribution in [1.29, 1.82) is 0 Å². The van der Waals surface area contributed by atoms with Crippen LogP contribution in [0.25, 0.3) is 0 Å². The van der Waals surface area contributed by atoms with Crippen molar-refractivity contribution in [3.8, 4) is 11.5 Å². The molecule has 0 aliphatic carbocycles. The average Bonchev–Trinajstić information content (AvgIpc) is 2.93. The van der Waals surface area contributed by atoms with Gasteiger partial charge < -0.3 is 20.1 Å². The lowest BCUT2D eigenvalue weighted by Gasteiger charge is -2.15. The summed E-state index contributed by atoms with van der Waals surface area (Å²) in [6, 6.07) is 5.37. The van der Waals surface area contributed by atoms with Crippen molar-refractivity contribution in [1.82, 2.24) is 4.90 Å². The molecule has 1 aliphatic heterocycles. The van der Waals surface area contributed by atoms with Crippen LogP contribution in [0.4, 0.5) is 0 Å². The highest BCUT2D eigenvalue weighted by Gasteiger charge is 2.35. The Kier molecular flexibility index (Phi) is 5.98. The molecule has 1 fully saturated rings. The number of methoxy groups -OCH3 is 2. The van der Waals surface area contributed by atoms with Gasteiger partial charge in [0.05, 0.1) is 20.1 Å². The van der Waals surface area contributed by atoms with E-state index in [1.54, 1.807) is 31.3 Å². The van der Waals surface area contributed by atoms with E-state index in [0.717, 1.165) is 12.0 Å². The molecule has 1 aromatic carbocycles. The summed E-state index contributed by atoms with van der Waals surface area (Å²) in [4.78, 5) is 26.5. The molecular formula is C17H24N2O4. The summed E-state index contributed by atoms with van der Waals surface area (Å²) in [5.74, 6) is 0.566. The van der Waals surface area contributed by atoms with E-state index in [9.17, 15) is 9.59 Å². The molecule has 23 heavy (non-hydrogen) atoms. The van der Waals surface area contributed by atoms with Gasteiger partial charge in [-0.2, -0.15) is 0 Å². The van der Waals surface area contributed by atoms with E-state index in [1.807, 2.05) is 6.07 Å². The predicted octanol–water partition coefficient (Wildman–Crippen LogP) is 1.01. The van der Waals surface area contributed by atoms with Gasteiger partial charge in [0.15, 0.2) is 11.5 Å². The molecule has 2 N–H and O–H groups in total. The zero-order valence-electron chi connectivity index (χ0n) is 13.7. The Morgan fingerprint density at radius 3 is 2.70 bits per heavy atom. The Labute approximate surface area is 136 Å². The lowest BCUT2D eigenvalue weighted by molar-refractivity contribution is -0.136. The fraction of sp³-hybridized carbons (Fsp3) is 0.529. The Bertz CT molecular complexity index is 574. The second kappa shape index (κ2) is 7.97. The minimum atomic E-state index is -0.527. The van der Waals surface area contributed by atoms with Crippen molar-refractivity contribution < 1.29 is 19.1 Å². The van der Waals surface area contributed by atoms with Crippen LogP contribution in [-0.2, 0) is 16.0 Å². The van der Waals surface area contributed by atoms with Crippen LogP contribution >= 0.6 is 0 Å². The molecule has 0 bridgehead atoms. The Hall–Kier alpha value is -2.08. The molecule has 0 radical (unpaired) electrons. The number of Topliss-reactive ketones (excluding diaryl/α,β-unsaturated/α-hetero) is 1. The van der Waals surface area contributed by atoms with Crippen molar-refractivity contribution in [2.24, 2.45) is 11.7 Å². The van der Waals surface area contributed by atoms with Crippen LogP contribution < -0.4 is 15.2 Å². The van der Waals surface area contributed by atoms with Gasteiger partial charge in [0.1, 0.15) is 5.78 Å². The zero-order chi connectivity index (χ0) is 16.8. The smallest absolute Gasteiger partial charge is 0.233 e. The third-order valence-corrected chi connectivity index (χ3v) is 4.14. The number of likely N-dealkylation sites (tertiary alicyclic amines) is 1. The fourth-order valence-corrected chi connectivity index (χ4v) is 2.86. The van der Waals surface area contributed by atoms with Crippen molar-refractivity contribution in [3.05, 3.63) is 23.8 Å². The average molecular weight is 320 g/mol. The number of amides is 1. The number of nitrogens with two attached hydrogens (primary N) is 1. The predicted molar refractivity (Wildman–Crippen MR) is 86.6 cm³/mol. The summed E-state index contributed by atoms with van der Waals surface area (Å²) in [5.41, 5.74) is 6.29. The normalized spacial score (nSPS) is 17.4. The summed E-state index contributed by atoms with van der Waals surface area (Å²) >= 11 is 0. The third-order valence-electron chi connectivity index (χ3n) is 4.14. The van der Waals surface area contributed by atoms with E-state index < -0.39 is 5.92 Å². The van der Waals surface area contributed by atoms with Gasteiger partial charge in [0.25, 0.3) is 0 Å². The van der Waals surface area contributed by atoms with Gasteiger partial charge in [-0.3, -0.25) is 9.59 Å². The van der Waals surface area contributed by atoms with Crippen LogP contribution in [0.2, 0.25) is 0 Å². The maximum absolute atomic E-state index is 12.5. The number of rotatable bonds is 8. The first-order valence-electron chi connectivity index (χ1n) is 7.83. The van der Waals surface area contributed by atoms with Crippen LogP contribution in [0.3, 0.4) is 0 Å². The number of hydrogen-bond donors (Lipinski definition) is 1. The van der Waals surface area contributed by atoms with E-state index in [4.69, 9.17) is 15.2 Å². The van der Waals surface area contributed by atoms with Gasteiger partial charge >= 0.3 is 0 Å². The quantitative estimate of drug-likeness (QED) is 0.723. The van der Waals surface area contributed by atoms with Gasteiger partial charge in [0.2, 0.25) is 5.91 Å². The summed E-state index contributed by atoms with van der Waals surface area (Å²) in [6.07, 6.45) is 1.58. The monoisotopic (exact) mass is 320 g/mol. The molecule has 1 unspecified atom stereocenters. The van der Waals surface area contributed by atoms with Crippen molar-refractivity contribution in [3.63, 3.8) is 0 Å². The molecule has 1 aromatic rings. The van der Waals surface area contributed by atoms with Crippen molar-refractivity contribution in [2.75, 3.05) is 33.9 Å². The maximum Gasteiger partial charge on any atom is 0.233 e. The number of ketones is 1. The molecule has 1 amide bonds. The molecular weight excluding hydrogens is 296 g/mol. The minimum Gasteiger partial charge on any atom is -0.493 e. The SMILES string of the molecule is COc1ccc(CC(=O)C2CCN(CCCN)C2=O)cc1OC. The first-order valence-corrected chi connectivity index (χ1v) is 7.83. The number of ether oxygens (including phenoxy) is 2. The first kappa shape index (κ1) is 17.3. The van der Waals surface area contributed by atoms with Crippen LogP contribution in [-0.4, -0.2) is 50.4 Å². The summed E-state index contributed by atoms with van der Waals surface area (Å²) in [7, 11) is 3.12. The largest absolute Gasteiger partial charge is 0.493 e. The molecule has 1 aliphatic rings. The number of hydrogen-bond acceptors (Lipinski definition) is 5. The van der Waals surface area contributed by atoms with Gasteiger partial charge in [-0.15, -0.1) is 0 Å². The standard InChI is InChI=1S/C17H24N2O4/c1-22-15-5-4-12(11-16(15)23-2)10-14(20)13-6-9-19(17(13)21)8-3-7-18/h4-5,11,13H,3,6-10,18H2,1-2H3. The molecule has 6 nitrogen and oxygen atoms in total. The summed E-state index contributed by atoms with van der Waals surface area (Å²) in [5, 5.41) is 0. The van der Waals surface area contributed by atoms with Crippen molar-refractivity contribution >= 4 is 11.7 Å². The molecule has 1 atom stereocenters. The molecule has 2 rings (SSSR count). The molecule has 0 aromatic heterocycles. The third kappa shape index (κ3) is 4.01. The van der Waals surface area contributed by atoms with Crippen LogP contribution in [0, 0.1) is 5.92 Å². The van der Waals surface area contributed by atoms with Gasteiger partial charge in [-0.05, 0) is 37.1 Å². The van der Waals surface area contributed by atoms with Gasteiger partial charge in [0, 0.05) is 19.5 Å². The van der Waals surface area contributed by atoms with Gasteiger partial charge in [-0.25, -0.2) is 0 Å². The van der Waals surface area contributed by atoms with E-state index in [0.29, 0.717) is 37.6 Å². The van der Waals surface area contributed by atoms with E-state index in [2.05, 4.69) is 0 Å². The Balaban J connectivity index is 2.01. The molecule has 1 heterocycles. The second-order valence-corrected chi connectivity index (χ2v) is 5.64. The maximum atomic E-state index is 12.5. The minimum absolute atomic E-state index is 0.0440. The first-order chi connectivity index (χ1) is 11.1. The fourth-order valence-electron chi connectivity index (χ4n) is 2.86. The van der Waals surface area contributed by atoms with Gasteiger partial charge in [-0.1, -0.05) is 6.07 Å². The zero-order valence-corrected chi connectivity index (χ0v) is 13.7. The second-order valence-electron chi connectivity index (χ2n) is 5.64. The van der Waals surface area contributed by atoms with Crippen LogP contribution in [0.5, 0.6) is 11.5 Å². The number of nitrogens with zero attached hydrogens (tertiary/aromatic N) is 1. The number of benzene rings is 1. The molecule has 6 heteroatoms. The number of carbonyl (C=O) groups is 2. The summed E-state index contributed by atoms with van der Waals surface area (Å²) in [6.45, 7) is 1.82. The lowest BCUT2D eigenvalue weighted by atomic mass is 9.96. The topological polar surface area (TPSA) is 81.9 Å². The highest BCUT2D eigenvalue weighted by Crippen LogP contribution is 2.28. The van der Waals surface area contributed by atoms with Crippen LogP contribution in [0.15, 0.2) is 18.2 Å². The van der Waals surface area contributed by atoms with Crippen LogP contribution in [0.1, 0.15) is 18.4 Å². The number of carbonyl (C=O) groups excluding carboxylic acids is 2. The summed E-state index contributed by atoms with van der Waals surface area (Å²) < 4.78 is 10.4. The molecule has 126 valence electrons. The Morgan fingerprint density at radius 2 is 2.04 bits per heavy atom. The highest BCUT2D eigenvalue weighted by molar-refractivity contribution is 6.03. The highest BCUT2D eigenvalue weighted by atomic mass is 16.5. The van der Waals surface area contributed by atoms with Crippen molar-refractivity contribution in [2.45, 2.75) is 19.3 Å². The van der Waals surface area contributed by atoms with E-state index in [1.165, 1.54) is 0 Å². The lowest BCUT2D eigenvalue weighted by Crippen LogP contribution is -2.32. The Morgan fingerprint density at radius 1 is 1.30 bits per heavy atom. The van der Waals surface area contributed by atoms with E-state index in [-0.39, 0.29) is 18.1 Å². The molecule has 0 spiro atoms.